The summed E-state index contributed by atoms with van der Waals surface area (Å²) < 4.78 is 5.06. The van der Waals surface area contributed by atoms with E-state index in [4.69, 9.17) is 4.74 Å². The summed E-state index contributed by atoms with van der Waals surface area (Å²) in [6.45, 7) is 3.65. The molecule has 0 spiro atoms. The van der Waals surface area contributed by atoms with Crippen LogP contribution in [0, 0.1) is 5.92 Å². The molecule has 0 radical (unpaired) electrons. The maximum Gasteiger partial charge on any atom is 0.309 e. The van der Waals surface area contributed by atoms with Crippen molar-refractivity contribution in [3.05, 3.63) is 29.8 Å². The topological polar surface area (TPSA) is 66.8 Å². The molecule has 1 N–H and O–H groups in total. The number of hydrogen-bond acceptors (Lipinski definition) is 5. The standard InChI is InChI=1S/C17H23NO4/c1-2-22-17(21)14-6-8-18(9-7-14)15(12-19)10-13-4-3-5-16(20)11-13/h3-5,11-12,14-15,20H,2,6-10H2,1H3. The Kier molecular flexibility index (Phi) is 5.95. The van der Waals surface area contributed by atoms with Crippen molar-refractivity contribution in [2.24, 2.45) is 5.92 Å². The van der Waals surface area contributed by atoms with Gasteiger partial charge in [-0.15, -0.1) is 0 Å². The highest BCUT2D eigenvalue weighted by Crippen LogP contribution is 2.22. The fourth-order valence-corrected chi connectivity index (χ4v) is 2.92. The van der Waals surface area contributed by atoms with Crippen LogP contribution in [0.4, 0.5) is 0 Å². The first-order chi connectivity index (χ1) is 10.6. The van der Waals surface area contributed by atoms with E-state index in [1.165, 1.54) is 0 Å². The molecule has 2 rings (SSSR count). The summed E-state index contributed by atoms with van der Waals surface area (Å²) in [6.07, 6.45) is 2.98. The lowest BCUT2D eigenvalue weighted by Gasteiger charge is -2.34. The van der Waals surface area contributed by atoms with Gasteiger partial charge in [-0.2, -0.15) is 0 Å². The second-order valence-corrected chi connectivity index (χ2v) is 5.64. The number of ether oxygens (including phenoxy) is 1. The van der Waals surface area contributed by atoms with Crippen LogP contribution in [0.15, 0.2) is 24.3 Å². The number of likely N-dealkylation sites (tertiary alicyclic amines) is 1. The van der Waals surface area contributed by atoms with Gasteiger partial charge in [-0.05, 0) is 57.0 Å². The van der Waals surface area contributed by atoms with Gasteiger partial charge < -0.3 is 14.6 Å². The van der Waals surface area contributed by atoms with Crippen molar-refractivity contribution in [3.8, 4) is 5.75 Å². The SMILES string of the molecule is CCOC(=O)C1CCN(C(C=O)Cc2cccc(O)c2)CC1. The maximum absolute atomic E-state index is 11.7. The molecule has 22 heavy (non-hydrogen) atoms. The van der Waals surface area contributed by atoms with E-state index in [-0.39, 0.29) is 23.7 Å². The molecule has 1 aromatic rings. The van der Waals surface area contributed by atoms with Crippen molar-refractivity contribution in [1.29, 1.82) is 0 Å². The highest BCUT2D eigenvalue weighted by atomic mass is 16.5. The Labute approximate surface area is 130 Å². The van der Waals surface area contributed by atoms with Gasteiger partial charge in [0.2, 0.25) is 0 Å². The first kappa shape index (κ1) is 16.5. The fraction of sp³-hybridized carbons (Fsp3) is 0.529. The summed E-state index contributed by atoms with van der Waals surface area (Å²) in [5, 5.41) is 9.50. The maximum atomic E-state index is 11.7. The number of esters is 1. The second kappa shape index (κ2) is 7.94. The Morgan fingerprint density at radius 3 is 2.77 bits per heavy atom. The molecule has 1 aromatic carbocycles. The molecule has 0 saturated carbocycles. The number of phenols is 1. The van der Waals surface area contributed by atoms with Crippen LogP contribution in [0.1, 0.15) is 25.3 Å². The van der Waals surface area contributed by atoms with E-state index in [0.29, 0.717) is 26.1 Å². The number of hydrogen-bond donors (Lipinski definition) is 1. The Balaban J connectivity index is 1.90. The third-order valence-electron chi connectivity index (χ3n) is 4.13. The number of piperidine rings is 1. The molecule has 120 valence electrons. The molecule has 1 fully saturated rings. The lowest BCUT2D eigenvalue weighted by molar-refractivity contribution is -0.149. The van der Waals surface area contributed by atoms with Gasteiger partial charge in [0.15, 0.2) is 0 Å². The van der Waals surface area contributed by atoms with Crippen molar-refractivity contribution < 1.29 is 19.4 Å². The summed E-state index contributed by atoms with van der Waals surface area (Å²) in [7, 11) is 0. The summed E-state index contributed by atoms with van der Waals surface area (Å²) in [5.74, 6) is 0.0326. The van der Waals surface area contributed by atoms with Crippen LogP contribution in [-0.4, -0.2) is 48.0 Å². The molecule has 0 amide bonds. The Bertz CT molecular complexity index is 509. The van der Waals surface area contributed by atoms with Crippen molar-refractivity contribution in [1.82, 2.24) is 4.90 Å². The Morgan fingerprint density at radius 1 is 1.45 bits per heavy atom. The number of phenolic OH excluding ortho intramolecular Hbond substituents is 1. The Hall–Kier alpha value is -1.88. The van der Waals surface area contributed by atoms with Crippen LogP contribution in [0.2, 0.25) is 0 Å². The van der Waals surface area contributed by atoms with Crippen LogP contribution in [0.25, 0.3) is 0 Å². The Morgan fingerprint density at radius 2 is 2.18 bits per heavy atom. The van der Waals surface area contributed by atoms with E-state index in [0.717, 1.165) is 24.7 Å². The van der Waals surface area contributed by atoms with Gasteiger partial charge in [0, 0.05) is 0 Å². The first-order valence-corrected chi connectivity index (χ1v) is 7.78. The van der Waals surface area contributed by atoms with Crippen LogP contribution in [0.3, 0.4) is 0 Å². The van der Waals surface area contributed by atoms with Gasteiger partial charge in [0.05, 0.1) is 18.6 Å². The predicted molar refractivity (Wildman–Crippen MR) is 82.6 cm³/mol. The minimum atomic E-state index is -0.218. The van der Waals surface area contributed by atoms with Gasteiger partial charge in [-0.1, -0.05) is 12.1 Å². The molecule has 0 bridgehead atoms. The first-order valence-electron chi connectivity index (χ1n) is 7.78. The van der Waals surface area contributed by atoms with Crippen LogP contribution in [0.5, 0.6) is 5.75 Å². The quantitative estimate of drug-likeness (QED) is 0.641. The van der Waals surface area contributed by atoms with Crippen molar-refractivity contribution in [2.75, 3.05) is 19.7 Å². The van der Waals surface area contributed by atoms with Gasteiger partial charge in [-0.3, -0.25) is 9.69 Å². The van der Waals surface area contributed by atoms with Gasteiger partial charge in [0.25, 0.3) is 0 Å². The summed E-state index contributed by atoms with van der Waals surface area (Å²) in [5.41, 5.74) is 0.935. The highest BCUT2D eigenvalue weighted by molar-refractivity contribution is 5.72. The van der Waals surface area contributed by atoms with E-state index < -0.39 is 0 Å². The van der Waals surface area contributed by atoms with E-state index >= 15 is 0 Å². The van der Waals surface area contributed by atoms with Gasteiger partial charge >= 0.3 is 5.97 Å². The molecule has 1 heterocycles. The average Bonchev–Trinajstić information content (AvgIpc) is 2.53. The molecule has 1 aliphatic rings. The van der Waals surface area contributed by atoms with Crippen LogP contribution < -0.4 is 0 Å². The minimum absolute atomic E-state index is 0.0516. The molecular weight excluding hydrogens is 282 g/mol. The van der Waals surface area contributed by atoms with Crippen LogP contribution in [-0.2, 0) is 20.7 Å². The number of carbonyl (C=O) groups is 2. The molecule has 0 aromatic heterocycles. The highest BCUT2D eigenvalue weighted by Gasteiger charge is 2.29. The predicted octanol–water partition coefficient (Wildman–Crippen LogP) is 1.78. The van der Waals surface area contributed by atoms with Gasteiger partial charge in [0.1, 0.15) is 12.0 Å². The molecule has 5 nitrogen and oxygen atoms in total. The van der Waals surface area contributed by atoms with Crippen molar-refractivity contribution >= 4 is 12.3 Å². The molecule has 1 saturated heterocycles. The fourth-order valence-electron chi connectivity index (χ4n) is 2.92. The largest absolute Gasteiger partial charge is 0.508 e. The number of rotatable bonds is 6. The average molecular weight is 305 g/mol. The normalized spacial score (nSPS) is 17.9. The van der Waals surface area contributed by atoms with Gasteiger partial charge in [-0.25, -0.2) is 0 Å². The van der Waals surface area contributed by atoms with E-state index in [2.05, 4.69) is 4.90 Å². The monoisotopic (exact) mass is 305 g/mol. The molecule has 0 aliphatic carbocycles. The molecule has 1 aliphatic heterocycles. The zero-order valence-electron chi connectivity index (χ0n) is 12.9. The third kappa shape index (κ3) is 4.31. The minimum Gasteiger partial charge on any atom is -0.508 e. The second-order valence-electron chi connectivity index (χ2n) is 5.64. The number of nitrogens with zero attached hydrogens (tertiary/aromatic N) is 1. The number of benzene rings is 1. The zero-order chi connectivity index (χ0) is 15.9. The summed E-state index contributed by atoms with van der Waals surface area (Å²) in [4.78, 5) is 25.3. The lowest BCUT2D eigenvalue weighted by atomic mass is 9.94. The molecular formula is C17H23NO4. The zero-order valence-corrected chi connectivity index (χ0v) is 12.9. The smallest absolute Gasteiger partial charge is 0.309 e. The lowest BCUT2D eigenvalue weighted by Crippen LogP contribution is -2.44. The number of aromatic hydroxyl groups is 1. The third-order valence-corrected chi connectivity index (χ3v) is 4.13. The van der Waals surface area contributed by atoms with Crippen molar-refractivity contribution in [2.45, 2.75) is 32.2 Å². The summed E-state index contributed by atoms with van der Waals surface area (Å²) >= 11 is 0. The van der Waals surface area contributed by atoms with E-state index in [1.807, 2.05) is 13.0 Å². The number of aldehydes is 1. The summed E-state index contributed by atoms with van der Waals surface area (Å²) in [6, 6.07) is 6.76. The van der Waals surface area contributed by atoms with Crippen molar-refractivity contribution in [3.63, 3.8) is 0 Å². The van der Waals surface area contributed by atoms with E-state index in [1.54, 1.807) is 18.2 Å². The van der Waals surface area contributed by atoms with E-state index in [9.17, 15) is 14.7 Å². The molecule has 1 atom stereocenters. The van der Waals surface area contributed by atoms with Crippen LogP contribution >= 0.6 is 0 Å². The number of carbonyl (C=O) groups excluding carboxylic acids is 2. The molecule has 5 heteroatoms. The molecule has 1 unspecified atom stereocenters.